The van der Waals surface area contributed by atoms with Crippen LogP contribution in [-0.4, -0.2) is 36.5 Å². The number of piperidine rings is 1. The van der Waals surface area contributed by atoms with Crippen molar-refractivity contribution < 1.29 is 4.79 Å². The molecule has 92 valence electrons. The molecule has 3 heteroatoms. The molecule has 1 amide bonds. The van der Waals surface area contributed by atoms with Crippen molar-refractivity contribution in [3.63, 3.8) is 0 Å². The molecular weight excluding hydrogens is 200 g/mol. The van der Waals surface area contributed by atoms with Gasteiger partial charge in [-0.3, -0.25) is 4.79 Å². The van der Waals surface area contributed by atoms with Gasteiger partial charge in [-0.1, -0.05) is 13.8 Å². The summed E-state index contributed by atoms with van der Waals surface area (Å²) in [5.41, 5.74) is 0. The molecule has 1 aliphatic carbocycles. The molecule has 0 aromatic rings. The van der Waals surface area contributed by atoms with Crippen LogP contribution in [0.3, 0.4) is 0 Å². The molecule has 1 N–H and O–H groups in total. The van der Waals surface area contributed by atoms with Crippen molar-refractivity contribution in [2.75, 3.05) is 13.6 Å². The molecule has 1 heterocycles. The number of hydrogen-bond donors (Lipinski definition) is 1. The van der Waals surface area contributed by atoms with Crippen LogP contribution in [0.1, 0.15) is 39.5 Å². The largest absolute Gasteiger partial charge is 0.344 e. The molecule has 0 spiro atoms. The predicted molar refractivity (Wildman–Crippen MR) is 65.1 cm³/mol. The number of likely N-dealkylation sites (N-methyl/N-ethyl adjacent to an activating group) is 1. The van der Waals surface area contributed by atoms with Crippen LogP contribution in [0.2, 0.25) is 0 Å². The molecule has 1 saturated carbocycles. The number of likely N-dealkylation sites (tertiary alicyclic amines) is 1. The van der Waals surface area contributed by atoms with Crippen molar-refractivity contribution >= 4 is 5.91 Å². The smallest absolute Gasteiger partial charge is 0.222 e. The van der Waals surface area contributed by atoms with Gasteiger partial charge in [0.15, 0.2) is 0 Å². The number of nitrogens with one attached hydrogen (secondary N) is 1. The van der Waals surface area contributed by atoms with Gasteiger partial charge in [-0.25, -0.2) is 0 Å². The van der Waals surface area contributed by atoms with Crippen LogP contribution in [0.25, 0.3) is 0 Å². The molecule has 2 fully saturated rings. The second-order valence-electron chi connectivity index (χ2n) is 5.85. The summed E-state index contributed by atoms with van der Waals surface area (Å²) in [5.74, 6) is 2.04. The quantitative estimate of drug-likeness (QED) is 0.790. The molecule has 1 unspecified atom stereocenters. The Balaban J connectivity index is 1.70. The standard InChI is InChI=1S/C13H24N2O/c1-9(2)10-6-12(7-10)14-11-4-5-13(16)15(3)8-11/h9-12,14H,4-8H2,1-3H3. The number of nitrogens with zero attached hydrogens (tertiary/aromatic N) is 1. The zero-order valence-electron chi connectivity index (χ0n) is 10.7. The maximum Gasteiger partial charge on any atom is 0.222 e. The minimum absolute atomic E-state index is 0.298. The number of hydrogen-bond acceptors (Lipinski definition) is 2. The lowest BCUT2D eigenvalue weighted by Gasteiger charge is -2.42. The summed E-state index contributed by atoms with van der Waals surface area (Å²) in [7, 11) is 1.91. The Morgan fingerprint density at radius 1 is 1.31 bits per heavy atom. The first-order chi connectivity index (χ1) is 7.56. The highest BCUT2D eigenvalue weighted by Gasteiger charge is 2.33. The van der Waals surface area contributed by atoms with Gasteiger partial charge in [-0.05, 0) is 31.1 Å². The number of amides is 1. The van der Waals surface area contributed by atoms with E-state index >= 15 is 0 Å². The first-order valence-electron chi connectivity index (χ1n) is 6.56. The lowest BCUT2D eigenvalue weighted by Crippen LogP contribution is -2.53. The van der Waals surface area contributed by atoms with Gasteiger partial charge in [0.2, 0.25) is 5.91 Å². The van der Waals surface area contributed by atoms with Crippen molar-refractivity contribution in [2.45, 2.75) is 51.6 Å². The van der Waals surface area contributed by atoms with E-state index in [1.54, 1.807) is 0 Å². The molecule has 1 atom stereocenters. The second kappa shape index (κ2) is 4.74. The van der Waals surface area contributed by atoms with Gasteiger partial charge in [-0.15, -0.1) is 0 Å². The molecule has 1 aliphatic heterocycles. The van der Waals surface area contributed by atoms with Gasteiger partial charge in [0.25, 0.3) is 0 Å². The Bertz CT molecular complexity index is 259. The zero-order valence-corrected chi connectivity index (χ0v) is 10.7. The highest BCUT2D eigenvalue weighted by molar-refractivity contribution is 5.76. The highest BCUT2D eigenvalue weighted by Crippen LogP contribution is 2.34. The fourth-order valence-electron chi connectivity index (χ4n) is 2.82. The molecule has 3 nitrogen and oxygen atoms in total. The van der Waals surface area contributed by atoms with E-state index in [0.29, 0.717) is 24.4 Å². The summed E-state index contributed by atoms with van der Waals surface area (Å²) < 4.78 is 0. The average molecular weight is 224 g/mol. The van der Waals surface area contributed by atoms with Gasteiger partial charge in [0, 0.05) is 32.1 Å². The van der Waals surface area contributed by atoms with Gasteiger partial charge < -0.3 is 10.2 Å². The summed E-state index contributed by atoms with van der Waals surface area (Å²) in [6.45, 7) is 5.52. The number of rotatable bonds is 3. The summed E-state index contributed by atoms with van der Waals surface area (Å²) in [4.78, 5) is 13.2. The second-order valence-corrected chi connectivity index (χ2v) is 5.85. The molecule has 0 bridgehead atoms. The maximum absolute atomic E-state index is 11.3. The summed E-state index contributed by atoms with van der Waals surface area (Å²) in [5, 5.41) is 3.70. The molecule has 2 rings (SSSR count). The molecule has 0 aromatic heterocycles. The fraction of sp³-hybridized carbons (Fsp3) is 0.923. The Morgan fingerprint density at radius 2 is 2.00 bits per heavy atom. The Hall–Kier alpha value is -0.570. The van der Waals surface area contributed by atoms with Crippen molar-refractivity contribution in [3.8, 4) is 0 Å². The number of carbonyl (C=O) groups is 1. The third-order valence-electron chi connectivity index (χ3n) is 4.22. The van der Waals surface area contributed by atoms with Crippen LogP contribution in [0.4, 0.5) is 0 Å². The first-order valence-corrected chi connectivity index (χ1v) is 6.56. The maximum atomic E-state index is 11.3. The van der Waals surface area contributed by atoms with E-state index in [0.717, 1.165) is 24.8 Å². The molecule has 16 heavy (non-hydrogen) atoms. The van der Waals surface area contributed by atoms with Gasteiger partial charge >= 0.3 is 0 Å². The lowest BCUT2D eigenvalue weighted by molar-refractivity contribution is -0.132. The molecule has 0 radical (unpaired) electrons. The van der Waals surface area contributed by atoms with Crippen LogP contribution in [0.5, 0.6) is 0 Å². The Labute approximate surface area is 98.6 Å². The third-order valence-corrected chi connectivity index (χ3v) is 4.22. The van der Waals surface area contributed by atoms with E-state index in [-0.39, 0.29) is 0 Å². The Kier molecular flexibility index (Phi) is 3.53. The summed E-state index contributed by atoms with van der Waals surface area (Å²) in [6, 6.07) is 1.24. The van der Waals surface area contributed by atoms with E-state index in [9.17, 15) is 4.79 Å². The van der Waals surface area contributed by atoms with Crippen molar-refractivity contribution in [3.05, 3.63) is 0 Å². The van der Waals surface area contributed by atoms with E-state index in [1.807, 2.05) is 11.9 Å². The molecular formula is C13H24N2O. The summed E-state index contributed by atoms with van der Waals surface area (Å²) in [6.07, 6.45) is 4.39. The first kappa shape index (κ1) is 11.9. The Morgan fingerprint density at radius 3 is 2.56 bits per heavy atom. The van der Waals surface area contributed by atoms with Gasteiger partial charge in [0.05, 0.1) is 0 Å². The van der Waals surface area contributed by atoms with E-state index < -0.39 is 0 Å². The van der Waals surface area contributed by atoms with E-state index in [4.69, 9.17) is 0 Å². The van der Waals surface area contributed by atoms with Gasteiger partial charge in [0.1, 0.15) is 0 Å². The van der Waals surface area contributed by atoms with Gasteiger partial charge in [-0.2, -0.15) is 0 Å². The van der Waals surface area contributed by atoms with E-state index in [2.05, 4.69) is 19.2 Å². The van der Waals surface area contributed by atoms with Crippen LogP contribution in [0.15, 0.2) is 0 Å². The van der Waals surface area contributed by atoms with Crippen LogP contribution in [-0.2, 0) is 4.79 Å². The molecule has 0 aromatic carbocycles. The normalized spacial score (nSPS) is 35.4. The van der Waals surface area contributed by atoms with Crippen LogP contribution >= 0.6 is 0 Å². The molecule has 1 saturated heterocycles. The predicted octanol–water partition coefficient (Wildman–Crippen LogP) is 1.63. The van der Waals surface area contributed by atoms with Crippen molar-refractivity contribution in [1.29, 1.82) is 0 Å². The lowest BCUT2D eigenvalue weighted by atomic mass is 9.73. The monoisotopic (exact) mass is 224 g/mol. The SMILES string of the molecule is CC(C)C1CC(NC2CCC(=O)N(C)C2)C1. The fourth-order valence-corrected chi connectivity index (χ4v) is 2.82. The molecule has 2 aliphatic rings. The van der Waals surface area contributed by atoms with E-state index in [1.165, 1.54) is 12.8 Å². The highest BCUT2D eigenvalue weighted by atomic mass is 16.2. The topological polar surface area (TPSA) is 32.3 Å². The zero-order chi connectivity index (χ0) is 11.7. The number of carbonyl (C=O) groups excluding carboxylic acids is 1. The third kappa shape index (κ3) is 2.57. The van der Waals surface area contributed by atoms with Crippen LogP contribution < -0.4 is 5.32 Å². The van der Waals surface area contributed by atoms with Crippen LogP contribution in [0, 0.1) is 11.8 Å². The van der Waals surface area contributed by atoms with Crippen molar-refractivity contribution in [1.82, 2.24) is 10.2 Å². The van der Waals surface area contributed by atoms with Crippen molar-refractivity contribution in [2.24, 2.45) is 11.8 Å². The average Bonchev–Trinajstić information content (AvgIpc) is 2.15. The minimum atomic E-state index is 0.298. The summed E-state index contributed by atoms with van der Waals surface area (Å²) >= 11 is 0. The minimum Gasteiger partial charge on any atom is -0.344 e.